The zero-order chi connectivity index (χ0) is 9.42. The van der Waals surface area contributed by atoms with Gasteiger partial charge in [0, 0.05) is 17.0 Å². The molecule has 0 amide bonds. The molecule has 0 aliphatic heterocycles. The van der Waals surface area contributed by atoms with Crippen molar-refractivity contribution in [1.82, 2.24) is 0 Å². The number of furan rings is 1. The predicted octanol–water partition coefficient (Wildman–Crippen LogP) is 2.76. The average molecular weight is 175 g/mol. The summed E-state index contributed by atoms with van der Waals surface area (Å²) in [4.78, 5) is 0. The molecule has 2 rings (SSSR count). The Morgan fingerprint density at radius 1 is 1.38 bits per heavy atom. The van der Waals surface area contributed by atoms with E-state index in [2.05, 4.69) is 6.07 Å². The van der Waals surface area contributed by atoms with Crippen LogP contribution < -0.4 is 5.73 Å². The normalized spacial score (nSPS) is 13.5. The number of benzene rings is 1. The highest BCUT2D eigenvalue weighted by molar-refractivity contribution is 5.83. The summed E-state index contributed by atoms with van der Waals surface area (Å²) in [7, 11) is 0. The molecule has 0 radical (unpaired) electrons. The number of hydrogen-bond acceptors (Lipinski definition) is 2. The fourth-order valence-corrected chi connectivity index (χ4v) is 1.57. The average Bonchev–Trinajstić information content (AvgIpc) is 2.48. The second-order valence-electron chi connectivity index (χ2n) is 3.43. The number of para-hydroxylation sites is 1. The molecule has 1 aromatic heterocycles. The SMILES string of the molecule is Cc1coc2c(C(C)N)cccc12. The lowest BCUT2D eigenvalue weighted by molar-refractivity contribution is 0.603. The molecule has 2 N–H and O–H groups in total. The summed E-state index contributed by atoms with van der Waals surface area (Å²) in [5.41, 5.74) is 8.99. The van der Waals surface area contributed by atoms with Gasteiger partial charge in [0.2, 0.25) is 0 Å². The van der Waals surface area contributed by atoms with Crippen LogP contribution in [0.4, 0.5) is 0 Å². The van der Waals surface area contributed by atoms with E-state index >= 15 is 0 Å². The van der Waals surface area contributed by atoms with Gasteiger partial charge in [0.1, 0.15) is 5.58 Å². The third kappa shape index (κ3) is 1.23. The summed E-state index contributed by atoms with van der Waals surface area (Å²) >= 11 is 0. The smallest absolute Gasteiger partial charge is 0.138 e. The summed E-state index contributed by atoms with van der Waals surface area (Å²) in [6.45, 7) is 4.00. The minimum Gasteiger partial charge on any atom is -0.464 e. The van der Waals surface area contributed by atoms with Crippen molar-refractivity contribution in [3.05, 3.63) is 35.6 Å². The Labute approximate surface area is 77.3 Å². The van der Waals surface area contributed by atoms with Gasteiger partial charge in [0.15, 0.2) is 0 Å². The number of hydrogen-bond donors (Lipinski definition) is 1. The highest BCUT2D eigenvalue weighted by atomic mass is 16.3. The van der Waals surface area contributed by atoms with Crippen LogP contribution >= 0.6 is 0 Å². The Bertz CT molecular complexity index is 429. The molecule has 0 bridgehead atoms. The quantitative estimate of drug-likeness (QED) is 0.723. The van der Waals surface area contributed by atoms with E-state index in [4.69, 9.17) is 10.2 Å². The first-order chi connectivity index (χ1) is 6.20. The molecule has 0 aliphatic rings. The van der Waals surface area contributed by atoms with E-state index in [9.17, 15) is 0 Å². The van der Waals surface area contributed by atoms with Crippen LogP contribution in [0.25, 0.3) is 11.0 Å². The van der Waals surface area contributed by atoms with Crippen LogP contribution in [0.2, 0.25) is 0 Å². The Morgan fingerprint density at radius 2 is 2.15 bits per heavy atom. The van der Waals surface area contributed by atoms with E-state index in [-0.39, 0.29) is 6.04 Å². The van der Waals surface area contributed by atoms with Crippen LogP contribution in [0, 0.1) is 6.92 Å². The number of aryl methyl sites for hydroxylation is 1. The molecule has 0 saturated carbocycles. The van der Waals surface area contributed by atoms with Gasteiger partial charge in [-0.1, -0.05) is 18.2 Å². The van der Waals surface area contributed by atoms with Crippen molar-refractivity contribution in [1.29, 1.82) is 0 Å². The van der Waals surface area contributed by atoms with Crippen molar-refractivity contribution < 1.29 is 4.42 Å². The summed E-state index contributed by atoms with van der Waals surface area (Å²) in [5.74, 6) is 0. The molecule has 2 heteroatoms. The van der Waals surface area contributed by atoms with Crippen LogP contribution in [0.1, 0.15) is 24.1 Å². The second-order valence-corrected chi connectivity index (χ2v) is 3.43. The topological polar surface area (TPSA) is 39.2 Å². The van der Waals surface area contributed by atoms with Gasteiger partial charge >= 0.3 is 0 Å². The second kappa shape index (κ2) is 2.89. The van der Waals surface area contributed by atoms with Gasteiger partial charge in [-0.2, -0.15) is 0 Å². The van der Waals surface area contributed by atoms with Crippen LogP contribution in [0.3, 0.4) is 0 Å². The van der Waals surface area contributed by atoms with Crippen molar-refractivity contribution in [3.8, 4) is 0 Å². The Kier molecular flexibility index (Phi) is 1.85. The van der Waals surface area contributed by atoms with Crippen molar-refractivity contribution in [2.75, 3.05) is 0 Å². The molecule has 0 saturated heterocycles. The first-order valence-corrected chi connectivity index (χ1v) is 4.42. The molecule has 0 spiro atoms. The molecule has 1 atom stereocenters. The largest absolute Gasteiger partial charge is 0.464 e. The van der Waals surface area contributed by atoms with Gasteiger partial charge < -0.3 is 10.2 Å². The lowest BCUT2D eigenvalue weighted by Gasteiger charge is -2.05. The molecule has 0 aliphatic carbocycles. The first-order valence-electron chi connectivity index (χ1n) is 4.42. The summed E-state index contributed by atoms with van der Waals surface area (Å²) in [6.07, 6.45) is 1.77. The molecule has 1 heterocycles. The van der Waals surface area contributed by atoms with Crippen LogP contribution in [0.15, 0.2) is 28.9 Å². The zero-order valence-electron chi connectivity index (χ0n) is 7.87. The van der Waals surface area contributed by atoms with Crippen LogP contribution in [-0.2, 0) is 0 Å². The maximum absolute atomic E-state index is 5.83. The van der Waals surface area contributed by atoms with Gasteiger partial charge in [-0.05, 0) is 19.4 Å². The predicted molar refractivity (Wildman–Crippen MR) is 53.6 cm³/mol. The van der Waals surface area contributed by atoms with Crippen molar-refractivity contribution in [2.45, 2.75) is 19.9 Å². The Hall–Kier alpha value is -1.28. The minimum absolute atomic E-state index is 0.0225. The Balaban J connectivity index is 2.77. The molecule has 68 valence electrons. The highest BCUT2D eigenvalue weighted by Gasteiger charge is 2.09. The molecule has 2 nitrogen and oxygen atoms in total. The van der Waals surface area contributed by atoms with Gasteiger partial charge in [0.25, 0.3) is 0 Å². The van der Waals surface area contributed by atoms with E-state index in [0.29, 0.717) is 0 Å². The molecule has 1 aromatic carbocycles. The van der Waals surface area contributed by atoms with Gasteiger partial charge in [-0.25, -0.2) is 0 Å². The fraction of sp³-hybridized carbons (Fsp3) is 0.273. The van der Waals surface area contributed by atoms with Crippen LogP contribution in [-0.4, -0.2) is 0 Å². The molecule has 1 unspecified atom stereocenters. The highest BCUT2D eigenvalue weighted by Crippen LogP contribution is 2.26. The van der Waals surface area contributed by atoms with Crippen molar-refractivity contribution in [3.63, 3.8) is 0 Å². The van der Waals surface area contributed by atoms with Crippen molar-refractivity contribution >= 4 is 11.0 Å². The zero-order valence-corrected chi connectivity index (χ0v) is 7.87. The molecular weight excluding hydrogens is 162 g/mol. The third-order valence-corrected chi connectivity index (χ3v) is 2.31. The van der Waals surface area contributed by atoms with E-state index in [0.717, 1.165) is 22.1 Å². The lowest BCUT2D eigenvalue weighted by Crippen LogP contribution is -2.04. The fourth-order valence-electron chi connectivity index (χ4n) is 1.57. The Morgan fingerprint density at radius 3 is 2.85 bits per heavy atom. The van der Waals surface area contributed by atoms with E-state index in [1.807, 2.05) is 26.0 Å². The van der Waals surface area contributed by atoms with Gasteiger partial charge in [-0.15, -0.1) is 0 Å². The van der Waals surface area contributed by atoms with Gasteiger partial charge in [-0.3, -0.25) is 0 Å². The number of rotatable bonds is 1. The maximum atomic E-state index is 5.83. The summed E-state index contributed by atoms with van der Waals surface area (Å²) in [5, 5.41) is 1.16. The molecular formula is C11H13NO. The van der Waals surface area contributed by atoms with Gasteiger partial charge in [0.05, 0.1) is 6.26 Å². The number of nitrogens with two attached hydrogens (primary N) is 1. The monoisotopic (exact) mass is 175 g/mol. The summed E-state index contributed by atoms with van der Waals surface area (Å²) in [6, 6.07) is 6.11. The standard InChI is InChI=1S/C11H13NO/c1-7-6-13-11-9(7)4-3-5-10(11)8(2)12/h3-6,8H,12H2,1-2H3. The molecule has 0 fully saturated rings. The van der Waals surface area contributed by atoms with E-state index in [1.54, 1.807) is 6.26 Å². The molecule has 2 aromatic rings. The maximum Gasteiger partial charge on any atom is 0.138 e. The van der Waals surface area contributed by atoms with E-state index in [1.165, 1.54) is 0 Å². The summed E-state index contributed by atoms with van der Waals surface area (Å²) < 4.78 is 5.46. The minimum atomic E-state index is 0.0225. The van der Waals surface area contributed by atoms with E-state index < -0.39 is 0 Å². The lowest BCUT2D eigenvalue weighted by atomic mass is 10.1. The molecule has 13 heavy (non-hydrogen) atoms. The third-order valence-electron chi connectivity index (χ3n) is 2.31. The first kappa shape index (κ1) is 8.32. The van der Waals surface area contributed by atoms with Crippen LogP contribution in [0.5, 0.6) is 0 Å². The van der Waals surface area contributed by atoms with Crippen molar-refractivity contribution in [2.24, 2.45) is 5.73 Å². The number of fused-ring (bicyclic) bond motifs is 1.